The molecule has 11 heteroatoms. The molecular formula is C123H74N4O7. The number of furan rings is 7. The van der Waals surface area contributed by atoms with Crippen molar-refractivity contribution in [2.24, 2.45) is 0 Å². The van der Waals surface area contributed by atoms with Gasteiger partial charge in [-0.05, 0) is 168 Å². The minimum atomic E-state index is -0.0936. The minimum Gasteiger partial charge on any atom is -0.456 e. The molecule has 11 heterocycles. The van der Waals surface area contributed by atoms with E-state index in [1.54, 1.807) is 0 Å². The molecule has 20 aromatic carbocycles. The first kappa shape index (κ1) is 74.2. The number of fused-ring (bicyclic) bond motifs is 39. The Bertz CT molecular complexity index is 10400. The minimum absolute atomic E-state index is 0.0936. The summed E-state index contributed by atoms with van der Waals surface area (Å²) in [5.74, 6) is 0. The van der Waals surface area contributed by atoms with Gasteiger partial charge in [-0.1, -0.05) is 263 Å². The van der Waals surface area contributed by atoms with Gasteiger partial charge in [0.15, 0.2) is 5.58 Å². The number of aromatic nitrogens is 4. The van der Waals surface area contributed by atoms with Gasteiger partial charge in [0.05, 0.1) is 66.3 Å². The van der Waals surface area contributed by atoms with Crippen LogP contribution in [-0.2, 0) is 5.41 Å². The Morgan fingerprint density at radius 1 is 0.179 bits per heavy atom. The molecule has 0 bridgehead atoms. The van der Waals surface area contributed by atoms with Crippen LogP contribution in [0.2, 0.25) is 0 Å². The molecule has 0 fully saturated rings. The van der Waals surface area contributed by atoms with Crippen molar-refractivity contribution in [3.63, 3.8) is 0 Å². The fraction of sp³-hybridized carbons (Fsp3) is 0.0244. The Morgan fingerprint density at radius 2 is 0.545 bits per heavy atom. The standard InChI is InChI=1S/C33H23NO.3C30H17NO2/c1-33(2)25-14-6-3-10-20(25)22-13-9-16-28(31(22)33)34-26-15-7-4-12-24(26)30-27(34)19-18-23-21-11-5-8-17-29(21)35-32(23)30;1-4-12-22-20(9-1)28-23(16-17-27-29(28)21-10-3-6-15-26(21)32-27)31(22)24-13-7-11-19-18-8-2-5-14-25(18)33-30(19)24;1-4-10-25-19(7-1)23-16-24-21-9-3-6-12-28(21)33-30(24)17-26(23)31(25)18-13-14-22-20-8-2-5-11-27(20)32-29(22)15-18;1-4-10-24-19(7-1)22-15-16-27-29(23-9-3-6-12-26(23)32-27)30(22)31(24)18-13-14-21-20-8-2-5-11-25(20)33-28(21)17-18/h3-19H,1-2H3;3*1-17H. The van der Waals surface area contributed by atoms with Crippen LogP contribution in [0.25, 0.3) is 275 Å². The molecule has 0 N–H and O–H groups in total. The third-order valence-corrected chi connectivity index (χ3v) is 28.4. The largest absolute Gasteiger partial charge is 0.456 e. The lowest BCUT2D eigenvalue weighted by Gasteiger charge is -2.25. The van der Waals surface area contributed by atoms with Crippen LogP contribution in [0.15, 0.2) is 443 Å². The first-order valence-corrected chi connectivity index (χ1v) is 45.6. The molecule has 0 aliphatic heterocycles. The predicted molar refractivity (Wildman–Crippen MR) is 552 cm³/mol. The van der Waals surface area contributed by atoms with Crippen molar-refractivity contribution in [2.75, 3.05) is 0 Å². The monoisotopic (exact) mass is 1720 g/mol. The second kappa shape index (κ2) is 28.1. The van der Waals surface area contributed by atoms with Gasteiger partial charge in [0.2, 0.25) is 0 Å². The van der Waals surface area contributed by atoms with E-state index in [0.717, 1.165) is 182 Å². The Kier molecular flexibility index (Phi) is 15.6. The summed E-state index contributed by atoms with van der Waals surface area (Å²) < 4.78 is 53.4. The molecule has 0 amide bonds. The zero-order valence-electron chi connectivity index (χ0n) is 72.4. The fourth-order valence-electron chi connectivity index (χ4n) is 22.6. The Balaban J connectivity index is 0.0000000871. The van der Waals surface area contributed by atoms with E-state index in [9.17, 15) is 0 Å². The van der Waals surface area contributed by atoms with E-state index in [2.05, 4.69) is 366 Å². The van der Waals surface area contributed by atoms with Crippen LogP contribution in [0.3, 0.4) is 0 Å². The summed E-state index contributed by atoms with van der Waals surface area (Å²) in [6.45, 7) is 4.71. The smallest absolute Gasteiger partial charge is 0.159 e. The number of hydrogen-bond acceptors (Lipinski definition) is 7. The van der Waals surface area contributed by atoms with Gasteiger partial charge in [-0.25, -0.2) is 0 Å². The van der Waals surface area contributed by atoms with Crippen LogP contribution in [-0.4, -0.2) is 18.3 Å². The maximum atomic E-state index is 6.49. The summed E-state index contributed by atoms with van der Waals surface area (Å²) in [4.78, 5) is 0. The molecule has 0 unspecified atom stereocenters. The van der Waals surface area contributed by atoms with Gasteiger partial charge < -0.3 is 49.2 Å². The van der Waals surface area contributed by atoms with Gasteiger partial charge in [0, 0.05) is 143 Å². The quantitative estimate of drug-likeness (QED) is 0.172. The SMILES string of the molecule is CC1(C)c2ccccc2-c2cccc(-n3c4ccccc4c4c5oc6ccccc6c5ccc43)c21.c1ccc2c(c1)oc1c(-n3c4ccccc4c4c5c(ccc43)oc3ccccc35)cccc12.c1ccc2c(c1)oc1cc(-n3c4ccccc4c4cc5c(cc43)oc3ccccc35)ccc12.c1ccc2c(c1)oc1cc(-n3c4ccccc4c4ccc5oc6ccccc6c5c43)ccc12. The van der Waals surface area contributed by atoms with Crippen LogP contribution < -0.4 is 0 Å². The van der Waals surface area contributed by atoms with Crippen molar-refractivity contribution in [2.45, 2.75) is 19.3 Å². The number of rotatable bonds is 4. The van der Waals surface area contributed by atoms with Crippen molar-refractivity contribution >= 4 is 241 Å². The maximum Gasteiger partial charge on any atom is 0.159 e. The third-order valence-electron chi connectivity index (χ3n) is 28.4. The van der Waals surface area contributed by atoms with Crippen molar-refractivity contribution in [1.82, 2.24) is 18.3 Å². The highest BCUT2D eigenvalue weighted by Crippen LogP contribution is 2.54. The molecule has 0 saturated carbocycles. The lowest BCUT2D eigenvalue weighted by atomic mass is 9.81. The fourth-order valence-corrected chi connectivity index (χ4v) is 22.6. The summed E-state index contributed by atoms with van der Waals surface area (Å²) in [5, 5.41) is 25.7. The zero-order chi connectivity index (χ0) is 87.9. The first-order chi connectivity index (χ1) is 66.2. The molecule has 0 radical (unpaired) electrons. The van der Waals surface area contributed by atoms with Crippen LogP contribution in [0, 0.1) is 0 Å². The van der Waals surface area contributed by atoms with Crippen LogP contribution in [0.5, 0.6) is 0 Å². The van der Waals surface area contributed by atoms with E-state index in [-0.39, 0.29) is 5.41 Å². The maximum absolute atomic E-state index is 6.49. The van der Waals surface area contributed by atoms with Gasteiger partial charge >= 0.3 is 0 Å². The molecule has 1 aliphatic carbocycles. The van der Waals surface area contributed by atoms with Crippen molar-refractivity contribution in [3.05, 3.63) is 424 Å². The van der Waals surface area contributed by atoms with Gasteiger partial charge in [0.25, 0.3) is 0 Å². The molecule has 11 aromatic heterocycles. The van der Waals surface area contributed by atoms with E-state index in [1.165, 1.54) is 104 Å². The number of benzene rings is 20. The summed E-state index contributed by atoms with van der Waals surface area (Å²) in [7, 11) is 0. The van der Waals surface area contributed by atoms with Crippen LogP contribution in [0.4, 0.5) is 0 Å². The molecule has 628 valence electrons. The highest BCUT2D eigenvalue weighted by atomic mass is 16.4. The lowest BCUT2D eigenvalue weighted by Crippen LogP contribution is -2.17. The lowest BCUT2D eigenvalue weighted by molar-refractivity contribution is 0.656. The summed E-state index contributed by atoms with van der Waals surface area (Å²) in [6.07, 6.45) is 0. The second-order valence-electron chi connectivity index (χ2n) is 35.9. The number of para-hydroxylation sites is 12. The Hall–Kier alpha value is -17.8. The molecule has 0 saturated heterocycles. The Morgan fingerprint density at radius 3 is 1.16 bits per heavy atom. The average Bonchev–Trinajstić information content (AvgIpc) is 1.55. The molecule has 0 spiro atoms. The number of hydrogen-bond donors (Lipinski definition) is 0. The molecule has 1 aliphatic rings. The summed E-state index contributed by atoms with van der Waals surface area (Å²) in [5.41, 5.74) is 31.8. The molecule has 31 aromatic rings. The second-order valence-corrected chi connectivity index (χ2v) is 35.9. The van der Waals surface area contributed by atoms with E-state index in [0.29, 0.717) is 0 Å². The van der Waals surface area contributed by atoms with Gasteiger partial charge in [-0.2, -0.15) is 0 Å². The normalized spacial score (nSPS) is 12.8. The molecule has 32 rings (SSSR count). The topological polar surface area (TPSA) is 112 Å². The zero-order valence-corrected chi connectivity index (χ0v) is 72.4. The van der Waals surface area contributed by atoms with Crippen LogP contribution >= 0.6 is 0 Å². The van der Waals surface area contributed by atoms with E-state index in [1.807, 2.05) is 78.9 Å². The highest BCUT2D eigenvalue weighted by molar-refractivity contribution is 6.30. The van der Waals surface area contributed by atoms with E-state index >= 15 is 0 Å². The van der Waals surface area contributed by atoms with Crippen molar-refractivity contribution in [1.29, 1.82) is 0 Å². The molecule has 11 nitrogen and oxygen atoms in total. The van der Waals surface area contributed by atoms with Crippen LogP contribution in [0.1, 0.15) is 25.0 Å². The van der Waals surface area contributed by atoms with Gasteiger partial charge in [-0.3, -0.25) is 0 Å². The van der Waals surface area contributed by atoms with Gasteiger partial charge in [0.1, 0.15) is 72.6 Å². The van der Waals surface area contributed by atoms with Crippen molar-refractivity contribution < 1.29 is 30.9 Å². The Labute approximate surface area is 761 Å². The van der Waals surface area contributed by atoms with E-state index in [4.69, 9.17) is 30.9 Å². The summed E-state index contributed by atoms with van der Waals surface area (Å²) >= 11 is 0. The molecule has 0 atom stereocenters. The predicted octanol–water partition coefficient (Wildman–Crippen LogP) is 34.7. The van der Waals surface area contributed by atoms with Crippen molar-refractivity contribution in [3.8, 4) is 33.9 Å². The third kappa shape index (κ3) is 10.6. The highest BCUT2D eigenvalue weighted by Gasteiger charge is 2.39. The summed E-state index contributed by atoms with van der Waals surface area (Å²) in [6, 6.07) is 145. The van der Waals surface area contributed by atoms with E-state index < -0.39 is 0 Å². The number of nitrogens with zero attached hydrogens (tertiary/aromatic N) is 4. The average molecular weight is 1720 g/mol. The molecular weight excluding hydrogens is 1650 g/mol. The van der Waals surface area contributed by atoms with Gasteiger partial charge in [-0.15, -0.1) is 0 Å². The first-order valence-electron chi connectivity index (χ1n) is 45.6. The molecule has 134 heavy (non-hydrogen) atoms.